The summed E-state index contributed by atoms with van der Waals surface area (Å²) in [7, 11) is -1.87. The average molecular weight is 289 g/mol. The third-order valence-corrected chi connectivity index (χ3v) is 7.61. The molecule has 116 valence electrons. The van der Waals surface area contributed by atoms with Crippen molar-refractivity contribution >= 4 is 8.56 Å². The van der Waals surface area contributed by atoms with E-state index in [2.05, 4.69) is 27.7 Å². The van der Waals surface area contributed by atoms with E-state index in [0.717, 1.165) is 19.3 Å². The molecule has 0 bridgehead atoms. The lowest BCUT2D eigenvalue weighted by Crippen LogP contribution is -2.42. The smallest absolute Gasteiger partial charge is 0.338 e. The lowest BCUT2D eigenvalue weighted by molar-refractivity contribution is 0.181. The topological polar surface area (TPSA) is 18.5 Å². The summed E-state index contributed by atoms with van der Waals surface area (Å²) < 4.78 is 12.1. The van der Waals surface area contributed by atoms with Crippen molar-refractivity contribution in [2.24, 2.45) is 0 Å². The summed E-state index contributed by atoms with van der Waals surface area (Å²) >= 11 is 0. The molecule has 0 aliphatic heterocycles. The van der Waals surface area contributed by atoms with Crippen LogP contribution in [0.5, 0.6) is 0 Å². The van der Waals surface area contributed by atoms with Gasteiger partial charge in [-0.2, -0.15) is 0 Å². The van der Waals surface area contributed by atoms with Crippen molar-refractivity contribution in [1.29, 1.82) is 0 Å². The highest BCUT2D eigenvalue weighted by atomic mass is 28.4. The normalized spacial score (nSPS) is 12.0. The first-order valence-corrected chi connectivity index (χ1v) is 10.8. The van der Waals surface area contributed by atoms with Crippen LogP contribution in [0.3, 0.4) is 0 Å². The van der Waals surface area contributed by atoms with E-state index in [9.17, 15) is 0 Å². The maximum Gasteiger partial charge on any atom is 0.338 e. The summed E-state index contributed by atoms with van der Waals surface area (Å²) in [4.78, 5) is 0. The second-order valence-corrected chi connectivity index (χ2v) is 8.80. The molecule has 2 nitrogen and oxygen atoms in total. The molecule has 0 aliphatic carbocycles. The monoisotopic (exact) mass is 288 g/mol. The lowest BCUT2D eigenvalue weighted by Gasteiger charge is -2.29. The Bertz CT molecular complexity index is 169. The zero-order valence-corrected chi connectivity index (χ0v) is 14.8. The van der Waals surface area contributed by atoms with Crippen LogP contribution >= 0.6 is 0 Å². The number of rotatable bonds is 14. The highest BCUT2D eigenvalue weighted by molar-refractivity contribution is 6.67. The third-order valence-electron chi connectivity index (χ3n) is 3.61. The van der Waals surface area contributed by atoms with Gasteiger partial charge in [0.1, 0.15) is 0 Å². The fourth-order valence-electron chi connectivity index (χ4n) is 2.71. The SMILES string of the molecule is CCCCCCCCC[Si](CCC)(OCC)OCC. The van der Waals surface area contributed by atoms with Crippen LogP contribution in [0.25, 0.3) is 0 Å². The van der Waals surface area contributed by atoms with Crippen molar-refractivity contribution in [3.05, 3.63) is 0 Å². The van der Waals surface area contributed by atoms with Gasteiger partial charge in [0.05, 0.1) is 0 Å². The molecular formula is C16H36O2Si. The van der Waals surface area contributed by atoms with E-state index < -0.39 is 8.56 Å². The Morgan fingerprint density at radius 1 is 0.579 bits per heavy atom. The Morgan fingerprint density at radius 2 is 1.11 bits per heavy atom. The first kappa shape index (κ1) is 19.1. The maximum absolute atomic E-state index is 6.07. The van der Waals surface area contributed by atoms with Crippen molar-refractivity contribution in [1.82, 2.24) is 0 Å². The standard InChI is InChI=1S/C16H36O2Si/c1-5-9-10-11-12-13-14-16-19(15-6-2,17-7-3)18-8-4/h5-16H2,1-4H3. The van der Waals surface area contributed by atoms with Crippen molar-refractivity contribution in [3.8, 4) is 0 Å². The Hall–Kier alpha value is 0.137. The highest BCUT2D eigenvalue weighted by Gasteiger charge is 2.35. The van der Waals surface area contributed by atoms with Crippen LogP contribution in [0.4, 0.5) is 0 Å². The van der Waals surface area contributed by atoms with Crippen molar-refractivity contribution in [3.63, 3.8) is 0 Å². The second-order valence-electron chi connectivity index (χ2n) is 5.40. The van der Waals surface area contributed by atoms with Crippen LogP contribution in [-0.4, -0.2) is 21.8 Å². The van der Waals surface area contributed by atoms with Gasteiger partial charge in [0, 0.05) is 13.2 Å². The van der Waals surface area contributed by atoms with Crippen LogP contribution in [-0.2, 0) is 8.85 Å². The maximum atomic E-state index is 6.07. The van der Waals surface area contributed by atoms with E-state index >= 15 is 0 Å². The van der Waals surface area contributed by atoms with E-state index in [0.29, 0.717) is 0 Å². The molecule has 0 heterocycles. The molecule has 0 aromatic heterocycles. The molecule has 0 radical (unpaired) electrons. The summed E-state index contributed by atoms with van der Waals surface area (Å²) in [6.45, 7) is 10.3. The number of hydrogen-bond donors (Lipinski definition) is 0. The van der Waals surface area contributed by atoms with Gasteiger partial charge in [-0.05, 0) is 25.9 Å². The van der Waals surface area contributed by atoms with Gasteiger partial charge in [-0.25, -0.2) is 0 Å². The van der Waals surface area contributed by atoms with Gasteiger partial charge in [0.15, 0.2) is 0 Å². The summed E-state index contributed by atoms with van der Waals surface area (Å²) in [6, 6.07) is 2.35. The molecule has 0 amide bonds. The van der Waals surface area contributed by atoms with E-state index in [1.807, 2.05) is 0 Å². The minimum atomic E-state index is -1.87. The molecule has 0 unspecified atom stereocenters. The molecule has 19 heavy (non-hydrogen) atoms. The first-order chi connectivity index (χ1) is 9.24. The van der Waals surface area contributed by atoms with Crippen LogP contribution in [0, 0.1) is 0 Å². The van der Waals surface area contributed by atoms with Crippen LogP contribution in [0.2, 0.25) is 12.1 Å². The average Bonchev–Trinajstić information content (AvgIpc) is 2.39. The molecule has 0 N–H and O–H groups in total. The summed E-state index contributed by atoms with van der Waals surface area (Å²) in [5.41, 5.74) is 0. The molecular weight excluding hydrogens is 252 g/mol. The molecule has 0 atom stereocenters. The molecule has 0 rings (SSSR count). The Kier molecular flexibility index (Phi) is 13.2. The summed E-state index contributed by atoms with van der Waals surface area (Å²) in [5, 5.41) is 0. The Morgan fingerprint density at radius 3 is 1.58 bits per heavy atom. The number of hydrogen-bond acceptors (Lipinski definition) is 2. The van der Waals surface area contributed by atoms with Gasteiger partial charge in [0.2, 0.25) is 0 Å². The first-order valence-electron chi connectivity index (χ1n) is 8.52. The predicted molar refractivity (Wildman–Crippen MR) is 86.9 cm³/mol. The molecule has 0 spiro atoms. The zero-order chi connectivity index (χ0) is 14.4. The van der Waals surface area contributed by atoms with E-state index in [-0.39, 0.29) is 0 Å². The molecule has 0 aliphatic rings. The zero-order valence-electron chi connectivity index (χ0n) is 13.8. The molecule has 0 aromatic rings. The lowest BCUT2D eigenvalue weighted by atomic mass is 10.1. The number of unbranched alkanes of at least 4 members (excludes halogenated alkanes) is 6. The fraction of sp³-hybridized carbons (Fsp3) is 1.00. The minimum absolute atomic E-state index is 0.808. The van der Waals surface area contributed by atoms with E-state index in [1.165, 1.54) is 57.4 Å². The minimum Gasteiger partial charge on any atom is -0.394 e. The van der Waals surface area contributed by atoms with Gasteiger partial charge in [-0.3, -0.25) is 0 Å². The second kappa shape index (κ2) is 13.1. The van der Waals surface area contributed by atoms with Crippen LogP contribution in [0.15, 0.2) is 0 Å². The molecule has 3 heteroatoms. The predicted octanol–water partition coefficient (Wildman–Crippen LogP) is 5.66. The van der Waals surface area contributed by atoms with Crippen LogP contribution < -0.4 is 0 Å². The molecule has 0 saturated heterocycles. The van der Waals surface area contributed by atoms with Gasteiger partial charge < -0.3 is 8.85 Å². The Labute approximate surface area is 122 Å². The van der Waals surface area contributed by atoms with Gasteiger partial charge >= 0.3 is 8.56 Å². The molecule has 0 aromatic carbocycles. The fourth-order valence-corrected chi connectivity index (χ4v) is 6.23. The largest absolute Gasteiger partial charge is 0.394 e. The van der Waals surface area contributed by atoms with Crippen molar-refractivity contribution in [2.75, 3.05) is 13.2 Å². The van der Waals surface area contributed by atoms with Crippen molar-refractivity contribution < 1.29 is 8.85 Å². The quantitative estimate of drug-likeness (QED) is 0.303. The summed E-state index contributed by atoms with van der Waals surface area (Å²) in [6.07, 6.45) is 10.7. The Balaban J connectivity index is 3.89. The highest BCUT2D eigenvalue weighted by Crippen LogP contribution is 2.24. The molecule has 0 saturated carbocycles. The third kappa shape index (κ3) is 9.64. The molecule has 0 fully saturated rings. The van der Waals surface area contributed by atoms with E-state index in [1.54, 1.807) is 0 Å². The van der Waals surface area contributed by atoms with E-state index in [4.69, 9.17) is 8.85 Å². The van der Waals surface area contributed by atoms with Gasteiger partial charge in [-0.1, -0.05) is 65.2 Å². The van der Waals surface area contributed by atoms with Crippen LogP contribution in [0.1, 0.15) is 79.1 Å². The summed E-state index contributed by atoms with van der Waals surface area (Å²) in [5.74, 6) is 0. The van der Waals surface area contributed by atoms with Gasteiger partial charge in [0.25, 0.3) is 0 Å². The van der Waals surface area contributed by atoms with Crippen molar-refractivity contribution in [2.45, 2.75) is 91.1 Å². The van der Waals surface area contributed by atoms with Gasteiger partial charge in [-0.15, -0.1) is 0 Å².